The third kappa shape index (κ3) is 1.86. The van der Waals surface area contributed by atoms with Gasteiger partial charge in [-0.25, -0.2) is 0 Å². The second kappa shape index (κ2) is 2.92. The molecule has 1 rings (SSSR count). The highest BCUT2D eigenvalue weighted by molar-refractivity contribution is 6.20. The van der Waals surface area contributed by atoms with Gasteiger partial charge in [0, 0.05) is 5.38 Å². The monoisotopic (exact) mass is 146 g/mol. The zero-order chi connectivity index (χ0) is 6.85. The molecule has 1 fully saturated rings. The average Bonchev–Trinajstić information content (AvgIpc) is 1.80. The molecule has 0 aromatic heterocycles. The molecule has 0 nitrogen and oxygen atoms in total. The van der Waals surface area contributed by atoms with Gasteiger partial charge in [-0.3, -0.25) is 0 Å². The van der Waals surface area contributed by atoms with Crippen molar-refractivity contribution in [2.24, 2.45) is 11.8 Å². The summed E-state index contributed by atoms with van der Waals surface area (Å²) in [5.41, 5.74) is 0. The number of rotatable bonds is 0. The minimum absolute atomic E-state index is 0.459. The summed E-state index contributed by atoms with van der Waals surface area (Å²) >= 11 is 6.03. The minimum atomic E-state index is 0.459. The summed E-state index contributed by atoms with van der Waals surface area (Å²) in [6.07, 6.45) is 3.89. The SMILES string of the molecule is CC1CC[C@H](Cl)C(C)C1. The van der Waals surface area contributed by atoms with Crippen molar-refractivity contribution in [1.29, 1.82) is 0 Å². The first kappa shape index (κ1) is 7.40. The maximum Gasteiger partial charge on any atom is 0.0361 e. The van der Waals surface area contributed by atoms with Crippen molar-refractivity contribution in [1.82, 2.24) is 0 Å². The van der Waals surface area contributed by atoms with Crippen LogP contribution in [0.25, 0.3) is 0 Å². The molecule has 0 heterocycles. The van der Waals surface area contributed by atoms with E-state index >= 15 is 0 Å². The first-order chi connectivity index (χ1) is 4.20. The van der Waals surface area contributed by atoms with Crippen molar-refractivity contribution in [3.05, 3.63) is 0 Å². The Hall–Kier alpha value is 0.290. The number of hydrogen-bond donors (Lipinski definition) is 0. The van der Waals surface area contributed by atoms with Gasteiger partial charge in [-0.1, -0.05) is 13.8 Å². The summed E-state index contributed by atoms with van der Waals surface area (Å²) in [6.45, 7) is 4.58. The molecule has 54 valence electrons. The summed E-state index contributed by atoms with van der Waals surface area (Å²) < 4.78 is 0. The molecule has 0 amide bonds. The van der Waals surface area contributed by atoms with E-state index < -0.39 is 0 Å². The zero-order valence-corrected chi connectivity index (χ0v) is 6.99. The lowest BCUT2D eigenvalue weighted by molar-refractivity contribution is 0.307. The molecule has 0 bridgehead atoms. The van der Waals surface area contributed by atoms with Gasteiger partial charge in [-0.15, -0.1) is 11.6 Å². The van der Waals surface area contributed by atoms with E-state index in [1.165, 1.54) is 19.3 Å². The standard InChI is InChI=1S/C8H15Cl/c1-6-3-4-8(9)7(2)5-6/h6-8H,3-5H2,1-2H3/t6?,7?,8-/m0/s1. The van der Waals surface area contributed by atoms with Gasteiger partial charge in [0.15, 0.2) is 0 Å². The van der Waals surface area contributed by atoms with E-state index in [0.29, 0.717) is 5.38 Å². The van der Waals surface area contributed by atoms with Crippen LogP contribution in [-0.2, 0) is 0 Å². The first-order valence-corrected chi connectivity index (χ1v) is 4.28. The van der Waals surface area contributed by atoms with Crippen LogP contribution in [-0.4, -0.2) is 5.38 Å². The Labute approximate surface area is 62.6 Å². The molecule has 1 aliphatic rings. The van der Waals surface area contributed by atoms with Crippen LogP contribution >= 0.6 is 11.6 Å². The molecular weight excluding hydrogens is 132 g/mol. The van der Waals surface area contributed by atoms with E-state index in [4.69, 9.17) is 11.6 Å². The normalized spacial score (nSPS) is 45.0. The van der Waals surface area contributed by atoms with Crippen LogP contribution in [0.4, 0.5) is 0 Å². The number of hydrogen-bond acceptors (Lipinski definition) is 0. The van der Waals surface area contributed by atoms with Crippen molar-refractivity contribution >= 4 is 11.6 Å². The molecule has 9 heavy (non-hydrogen) atoms. The van der Waals surface area contributed by atoms with Crippen LogP contribution in [0.15, 0.2) is 0 Å². The van der Waals surface area contributed by atoms with Crippen LogP contribution in [0, 0.1) is 11.8 Å². The van der Waals surface area contributed by atoms with Crippen molar-refractivity contribution in [2.75, 3.05) is 0 Å². The second-order valence-electron chi connectivity index (χ2n) is 3.41. The lowest BCUT2D eigenvalue weighted by Gasteiger charge is -2.27. The molecule has 0 N–H and O–H groups in total. The summed E-state index contributed by atoms with van der Waals surface area (Å²) in [7, 11) is 0. The van der Waals surface area contributed by atoms with Crippen molar-refractivity contribution in [3.63, 3.8) is 0 Å². The van der Waals surface area contributed by atoms with Gasteiger partial charge in [-0.2, -0.15) is 0 Å². The molecule has 0 aromatic carbocycles. The summed E-state index contributed by atoms with van der Waals surface area (Å²) in [4.78, 5) is 0. The van der Waals surface area contributed by atoms with Gasteiger partial charge in [0.2, 0.25) is 0 Å². The Kier molecular flexibility index (Phi) is 2.40. The Bertz CT molecular complexity index is 90.6. The molecule has 0 aromatic rings. The maximum atomic E-state index is 6.03. The molecule has 3 atom stereocenters. The predicted octanol–water partition coefficient (Wildman–Crippen LogP) is 3.05. The third-order valence-electron chi connectivity index (χ3n) is 2.33. The first-order valence-electron chi connectivity index (χ1n) is 3.84. The van der Waals surface area contributed by atoms with E-state index in [1.54, 1.807) is 0 Å². The largest absolute Gasteiger partial charge is 0.123 e. The van der Waals surface area contributed by atoms with Gasteiger partial charge in [0.1, 0.15) is 0 Å². The van der Waals surface area contributed by atoms with E-state index in [2.05, 4.69) is 13.8 Å². The molecule has 0 spiro atoms. The van der Waals surface area contributed by atoms with Gasteiger partial charge in [-0.05, 0) is 31.1 Å². The van der Waals surface area contributed by atoms with E-state index in [0.717, 1.165) is 11.8 Å². The summed E-state index contributed by atoms with van der Waals surface area (Å²) in [5.74, 6) is 1.66. The zero-order valence-electron chi connectivity index (χ0n) is 6.23. The summed E-state index contributed by atoms with van der Waals surface area (Å²) in [5, 5.41) is 0.459. The molecule has 0 radical (unpaired) electrons. The Morgan fingerprint density at radius 2 is 1.89 bits per heavy atom. The molecule has 0 saturated heterocycles. The van der Waals surface area contributed by atoms with Crippen molar-refractivity contribution in [3.8, 4) is 0 Å². The van der Waals surface area contributed by atoms with Crippen LogP contribution < -0.4 is 0 Å². The topological polar surface area (TPSA) is 0 Å². The van der Waals surface area contributed by atoms with Crippen LogP contribution in [0.2, 0.25) is 0 Å². The fourth-order valence-corrected chi connectivity index (χ4v) is 1.86. The third-order valence-corrected chi connectivity index (χ3v) is 2.98. The maximum absolute atomic E-state index is 6.03. The second-order valence-corrected chi connectivity index (χ2v) is 3.97. The van der Waals surface area contributed by atoms with E-state index in [9.17, 15) is 0 Å². The lowest BCUT2D eigenvalue weighted by atomic mass is 9.83. The Morgan fingerprint density at radius 3 is 2.33 bits per heavy atom. The van der Waals surface area contributed by atoms with Crippen molar-refractivity contribution < 1.29 is 0 Å². The Balaban J connectivity index is 2.35. The average molecular weight is 147 g/mol. The minimum Gasteiger partial charge on any atom is -0.123 e. The van der Waals surface area contributed by atoms with Gasteiger partial charge < -0.3 is 0 Å². The Morgan fingerprint density at radius 1 is 1.22 bits per heavy atom. The van der Waals surface area contributed by atoms with E-state index in [1.807, 2.05) is 0 Å². The van der Waals surface area contributed by atoms with Crippen LogP contribution in [0.3, 0.4) is 0 Å². The fraction of sp³-hybridized carbons (Fsp3) is 1.00. The molecule has 1 aliphatic carbocycles. The predicted molar refractivity (Wildman–Crippen MR) is 41.8 cm³/mol. The molecule has 2 unspecified atom stereocenters. The van der Waals surface area contributed by atoms with Crippen LogP contribution in [0.1, 0.15) is 33.1 Å². The van der Waals surface area contributed by atoms with Gasteiger partial charge >= 0.3 is 0 Å². The highest BCUT2D eigenvalue weighted by Gasteiger charge is 2.22. The summed E-state index contributed by atoms with van der Waals surface area (Å²) in [6, 6.07) is 0. The molecule has 1 heteroatoms. The van der Waals surface area contributed by atoms with Gasteiger partial charge in [0.05, 0.1) is 0 Å². The lowest BCUT2D eigenvalue weighted by Crippen LogP contribution is -2.21. The fourth-order valence-electron chi connectivity index (χ4n) is 1.63. The highest BCUT2D eigenvalue weighted by Crippen LogP contribution is 2.31. The van der Waals surface area contributed by atoms with Gasteiger partial charge in [0.25, 0.3) is 0 Å². The highest BCUT2D eigenvalue weighted by atomic mass is 35.5. The quantitative estimate of drug-likeness (QED) is 0.461. The smallest absolute Gasteiger partial charge is 0.0361 e. The van der Waals surface area contributed by atoms with E-state index in [-0.39, 0.29) is 0 Å². The molecule has 0 aliphatic heterocycles. The van der Waals surface area contributed by atoms with Crippen molar-refractivity contribution in [2.45, 2.75) is 38.5 Å². The number of alkyl halides is 1. The molecule has 1 saturated carbocycles. The van der Waals surface area contributed by atoms with Crippen LogP contribution in [0.5, 0.6) is 0 Å². The number of halogens is 1. The molecular formula is C8H15Cl.